The molecule has 0 bridgehead atoms. The molecular formula is C11H23ClN2O2. The van der Waals surface area contributed by atoms with Crippen LogP contribution in [0.5, 0.6) is 0 Å². The minimum absolute atomic E-state index is 0. The predicted molar refractivity (Wildman–Crippen MR) is 67.0 cm³/mol. The lowest BCUT2D eigenvalue weighted by molar-refractivity contribution is -0.130. The molecule has 0 spiro atoms. The van der Waals surface area contributed by atoms with Crippen molar-refractivity contribution in [2.75, 3.05) is 40.4 Å². The molecule has 1 atom stereocenters. The van der Waals surface area contributed by atoms with E-state index in [0.29, 0.717) is 12.3 Å². The van der Waals surface area contributed by atoms with E-state index in [0.717, 1.165) is 32.7 Å². The third kappa shape index (κ3) is 5.68. The van der Waals surface area contributed by atoms with Gasteiger partial charge in [-0.3, -0.25) is 4.79 Å². The van der Waals surface area contributed by atoms with Gasteiger partial charge in [-0.25, -0.2) is 0 Å². The van der Waals surface area contributed by atoms with Gasteiger partial charge >= 0.3 is 0 Å². The molecule has 1 unspecified atom stereocenters. The van der Waals surface area contributed by atoms with Crippen molar-refractivity contribution in [1.82, 2.24) is 10.2 Å². The Balaban J connectivity index is 0.00000225. The van der Waals surface area contributed by atoms with E-state index < -0.39 is 0 Å². The van der Waals surface area contributed by atoms with Gasteiger partial charge in [0, 0.05) is 33.2 Å². The number of hydrogen-bond donors (Lipinski definition) is 1. The fourth-order valence-electron chi connectivity index (χ4n) is 1.86. The summed E-state index contributed by atoms with van der Waals surface area (Å²) in [6, 6.07) is 0. The van der Waals surface area contributed by atoms with Gasteiger partial charge in [0.15, 0.2) is 0 Å². The second-order valence-corrected chi connectivity index (χ2v) is 4.21. The van der Waals surface area contributed by atoms with Crippen molar-refractivity contribution in [2.24, 2.45) is 5.92 Å². The van der Waals surface area contributed by atoms with Crippen LogP contribution in [0.4, 0.5) is 0 Å². The van der Waals surface area contributed by atoms with Crippen LogP contribution in [0.1, 0.15) is 19.3 Å². The maximum Gasteiger partial charge on any atom is 0.223 e. The zero-order valence-electron chi connectivity index (χ0n) is 10.2. The minimum Gasteiger partial charge on any atom is -0.381 e. The van der Waals surface area contributed by atoms with Gasteiger partial charge in [0.1, 0.15) is 0 Å². The lowest BCUT2D eigenvalue weighted by Gasteiger charge is -2.27. The van der Waals surface area contributed by atoms with Crippen LogP contribution >= 0.6 is 12.4 Å². The zero-order valence-corrected chi connectivity index (χ0v) is 11.0. The number of amides is 1. The summed E-state index contributed by atoms with van der Waals surface area (Å²) >= 11 is 0. The molecule has 1 aliphatic heterocycles. The fourth-order valence-corrected chi connectivity index (χ4v) is 1.86. The van der Waals surface area contributed by atoms with E-state index in [1.165, 1.54) is 6.42 Å². The number of carbonyl (C=O) groups is 1. The van der Waals surface area contributed by atoms with Gasteiger partial charge in [0.2, 0.25) is 5.91 Å². The molecule has 1 fully saturated rings. The molecule has 1 N–H and O–H groups in total. The summed E-state index contributed by atoms with van der Waals surface area (Å²) in [5, 5.41) is 2.98. The Bertz CT molecular complexity index is 196. The molecular weight excluding hydrogens is 228 g/mol. The average Bonchev–Trinajstić information content (AvgIpc) is 2.27. The first kappa shape index (κ1) is 15.7. The number of halogens is 1. The summed E-state index contributed by atoms with van der Waals surface area (Å²) < 4.78 is 5.39. The summed E-state index contributed by atoms with van der Waals surface area (Å²) in [5.74, 6) is 0.747. The first-order chi connectivity index (χ1) is 7.24. The lowest BCUT2D eigenvalue weighted by atomic mass is 10.0. The van der Waals surface area contributed by atoms with E-state index in [-0.39, 0.29) is 18.3 Å². The topological polar surface area (TPSA) is 41.6 Å². The lowest BCUT2D eigenvalue weighted by Crippen LogP contribution is -2.36. The summed E-state index contributed by atoms with van der Waals surface area (Å²) in [4.78, 5) is 13.5. The number of hydrogen-bond acceptors (Lipinski definition) is 3. The van der Waals surface area contributed by atoms with Crippen LogP contribution < -0.4 is 5.32 Å². The highest BCUT2D eigenvalue weighted by Gasteiger charge is 2.18. The molecule has 0 aliphatic carbocycles. The van der Waals surface area contributed by atoms with Gasteiger partial charge in [-0.15, -0.1) is 12.4 Å². The van der Waals surface area contributed by atoms with E-state index in [1.54, 1.807) is 0 Å². The van der Waals surface area contributed by atoms with E-state index >= 15 is 0 Å². The Hall–Kier alpha value is -0.320. The molecule has 0 aromatic rings. The monoisotopic (exact) mass is 250 g/mol. The molecule has 0 saturated carbocycles. The van der Waals surface area contributed by atoms with Crippen molar-refractivity contribution in [3.63, 3.8) is 0 Å². The molecule has 1 rings (SSSR count). The predicted octanol–water partition coefficient (Wildman–Crippen LogP) is 0.903. The highest BCUT2D eigenvalue weighted by molar-refractivity contribution is 5.85. The van der Waals surface area contributed by atoms with Crippen LogP contribution in [0.15, 0.2) is 0 Å². The summed E-state index contributed by atoms with van der Waals surface area (Å²) in [6.45, 7) is 3.28. The smallest absolute Gasteiger partial charge is 0.223 e. The number of nitrogens with zero attached hydrogens (tertiary/aromatic N) is 1. The largest absolute Gasteiger partial charge is 0.381 e. The highest BCUT2D eigenvalue weighted by atomic mass is 35.5. The van der Waals surface area contributed by atoms with Crippen LogP contribution in [0, 0.1) is 5.92 Å². The Morgan fingerprint density at radius 2 is 2.31 bits per heavy atom. The van der Waals surface area contributed by atoms with Crippen molar-refractivity contribution >= 4 is 18.3 Å². The van der Waals surface area contributed by atoms with Crippen molar-refractivity contribution in [3.8, 4) is 0 Å². The highest BCUT2D eigenvalue weighted by Crippen LogP contribution is 2.14. The van der Waals surface area contributed by atoms with Crippen molar-refractivity contribution in [3.05, 3.63) is 0 Å². The molecule has 0 aromatic carbocycles. The first-order valence-corrected chi connectivity index (χ1v) is 5.70. The molecule has 1 saturated heterocycles. The normalized spacial score (nSPS) is 20.0. The number of rotatable bonds is 5. The van der Waals surface area contributed by atoms with Gasteiger partial charge < -0.3 is 15.0 Å². The average molecular weight is 251 g/mol. The number of nitrogens with one attached hydrogen (secondary N) is 1. The summed E-state index contributed by atoms with van der Waals surface area (Å²) in [5.41, 5.74) is 0. The molecule has 5 heteroatoms. The second-order valence-electron chi connectivity index (χ2n) is 4.21. The number of ether oxygens (including phenoxy) is 1. The first-order valence-electron chi connectivity index (χ1n) is 5.70. The molecule has 1 amide bonds. The molecule has 0 aromatic heterocycles. The van der Waals surface area contributed by atoms with Crippen molar-refractivity contribution in [2.45, 2.75) is 19.3 Å². The van der Waals surface area contributed by atoms with Crippen LogP contribution in [0.25, 0.3) is 0 Å². The van der Waals surface area contributed by atoms with Crippen LogP contribution in [-0.2, 0) is 9.53 Å². The Morgan fingerprint density at radius 1 is 1.56 bits per heavy atom. The standard InChI is InChI=1S/C11H22N2O2.ClH/c1-12-6-5-11(14)13(2)8-10-4-3-7-15-9-10;/h10,12H,3-9H2,1-2H3;1H. The summed E-state index contributed by atoms with van der Waals surface area (Å²) in [7, 11) is 3.74. The maximum atomic E-state index is 11.6. The molecule has 0 radical (unpaired) electrons. The summed E-state index contributed by atoms with van der Waals surface area (Å²) in [6.07, 6.45) is 2.90. The van der Waals surface area contributed by atoms with E-state index in [2.05, 4.69) is 5.32 Å². The van der Waals surface area contributed by atoms with E-state index in [9.17, 15) is 4.79 Å². The molecule has 4 nitrogen and oxygen atoms in total. The van der Waals surface area contributed by atoms with Gasteiger partial charge in [0.05, 0.1) is 6.61 Å². The fraction of sp³-hybridized carbons (Fsp3) is 0.909. The van der Waals surface area contributed by atoms with Crippen molar-refractivity contribution < 1.29 is 9.53 Å². The van der Waals surface area contributed by atoms with E-state index in [4.69, 9.17) is 4.74 Å². The third-order valence-corrected chi connectivity index (χ3v) is 2.80. The van der Waals surface area contributed by atoms with Gasteiger partial charge in [-0.05, 0) is 25.8 Å². The molecule has 1 aliphatic rings. The van der Waals surface area contributed by atoms with Gasteiger partial charge in [-0.1, -0.05) is 0 Å². The SMILES string of the molecule is CNCCC(=O)N(C)CC1CCCOC1.Cl. The minimum atomic E-state index is 0. The van der Waals surface area contributed by atoms with Gasteiger partial charge in [0.25, 0.3) is 0 Å². The molecule has 1 heterocycles. The Kier molecular flexibility index (Phi) is 8.61. The van der Waals surface area contributed by atoms with Gasteiger partial charge in [-0.2, -0.15) is 0 Å². The maximum absolute atomic E-state index is 11.6. The van der Waals surface area contributed by atoms with E-state index in [1.807, 2.05) is 19.0 Å². The van der Waals surface area contributed by atoms with Crippen LogP contribution in [0.2, 0.25) is 0 Å². The second kappa shape index (κ2) is 8.79. The zero-order chi connectivity index (χ0) is 11.1. The quantitative estimate of drug-likeness (QED) is 0.789. The molecule has 96 valence electrons. The van der Waals surface area contributed by atoms with Crippen LogP contribution in [-0.4, -0.2) is 51.2 Å². The molecule has 16 heavy (non-hydrogen) atoms. The van der Waals surface area contributed by atoms with Crippen LogP contribution in [0.3, 0.4) is 0 Å². The number of carbonyl (C=O) groups excluding carboxylic acids is 1. The van der Waals surface area contributed by atoms with Crippen molar-refractivity contribution in [1.29, 1.82) is 0 Å². The Labute approximate surface area is 104 Å². The Morgan fingerprint density at radius 3 is 2.88 bits per heavy atom. The third-order valence-electron chi connectivity index (χ3n) is 2.80.